The van der Waals surface area contributed by atoms with Crippen molar-refractivity contribution in [3.05, 3.63) is 77.9 Å². The molecule has 0 aliphatic rings. The summed E-state index contributed by atoms with van der Waals surface area (Å²) in [6.45, 7) is 1.77. The van der Waals surface area contributed by atoms with E-state index in [0.717, 1.165) is 5.39 Å². The minimum absolute atomic E-state index is 0.143. The molecule has 6 heteroatoms. The fraction of sp³-hybridized carbons (Fsp3) is 0.190. The monoisotopic (exact) mass is 384 g/mol. The van der Waals surface area contributed by atoms with Crippen molar-refractivity contribution in [1.29, 1.82) is 0 Å². The summed E-state index contributed by atoms with van der Waals surface area (Å²) in [6.07, 6.45) is 0.193. The van der Waals surface area contributed by atoms with Crippen molar-refractivity contribution in [2.45, 2.75) is 25.4 Å². The predicted octanol–water partition coefficient (Wildman–Crippen LogP) is 5.18. The number of aliphatic carboxylic acids is 1. The molecule has 2 unspecified atom stereocenters. The van der Waals surface area contributed by atoms with Crippen LogP contribution < -0.4 is 4.52 Å². The first-order valence-corrected chi connectivity index (χ1v) is 10.5. The molecule has 0 spiro atoms. The number of fused-ring (bicyclic) bond motifs is 1. The number of carboxylic acid groups (broad SMARTS) is 1. The predicted molar refractivity (Wildman–Crippen MR) is 105 cm³/mol. The van der Waals surface area contributed by atoms with Crippen molar-refractivity contribution in [3.63, 3.8) is 0 Å². The standard InChI is InChI=1S/C21H21O5P/c1-2-17(21(22)23)20-18-11-7-6-10-16(18)12-13-19(20)26-27(24,25)14-15-8-4-3-5-9-15/h3-13,17H,2,14H2,1H3,(H,22,23)(H,24,25). The van der Waals surface area contributed by atoms with Crippen LogP contribution in [-0.2, 0) is 15.5 Å². The summed E-state index contributed by atoms with van der Waals surface area (Å²) in [5.41, 5.74) is 1.11. The zero-order chi connectivity index (χ0) is 19.4. The molecule has 0 aliphatic carbocycles. The van der Waals surface area contributed by atoms with Gasteiger partial charge in [0.05, 0.1) is 12.1 Å². The minimum Gasteiger partial charge on any atom is -0.481 e. The fourth-order valence-corrected chi connectivity index (χ4v) is 4.42. The Morgan fingerprint density at radius 1 is 1.04 bits per heavy atom. The molecule has 3 aromatic carbocycles. The van der Waals surface area contributed by atoms with Gasteiger partial charge in [-0.2, -0.15) is 0 Å². The van der Waals surface area contributed by atoms with E-state index < -0.39 is 19.5 Å². The van der Waals surface area contributed by atoms with Gasteiger partial charge in [0, 0.05) is 5.56 Å². The number of hydrogen-bond acceptors (Lipinski definition) is 3. The Bertz CT molecular complexity index is 1000. The Morgan fingerprint density at radius 2 is 1.70 bits per heavy atom. The molecule has 140 valence electrons. The third-order valence-corrected chi connectivity index (χ3v) is 5.70. The lowest BCUT2D eigenvalue weighted by Gasteiger charge is -2.21. The maximum absolute atomic E-state index is 12.7. The van der Waals surface area contributed by atoms with Gasteiger partial charge in [0.2, 0.25) is 0 Å². The van der Waals surface area contributed by atoms with Crippen LogP contribution in [0.4, 0.5) is 0 Å². The van der Waals surface area contributed by atoms with Gasteiger partial charge in [-0.25, -0.2) is 4.57 Å². The summed E-state index contributed by atoms with van der Waals surface area (Å²) < 4.78 is 18.2. The minimum atomic E-state index is -4.01. The quantitative estimate of drug-likeness (QED) is 0.548. The molecule has 0 aliphatic heterocycles. The molecular formula is C21H21O5P. The molecule has 0 fully saturated rings. The number of carbonyl (C=O) groups is 1. The van der Waals surface area contributed by atoms with Gasteiger partial charge < -0.3 is 14.5 Å². The number of rotatable bonds is 7. The highest BCUT2D eigenvalue weighted by atomic mass is 31.2. The van der Waals surface area contributed by atoms with E-state index in [4.69, 9.17) is 4.52 Å². The first kappa shape index (κ1) is 19.2. The van der Waals surface area contributed by atoms with Crippen LogP contribution in [0.3, 0.4) is 0 Å². The smallest absolute Gasteiger partial charge is 0.380 e. The summed E-state index contributed by atoms with van der Waals surface area (Å²) in [4.78, 5) is 22.2. The van der Waals surface area contributed by atoms with Gasteiger partial charge in [0.15, 0.2) is 0 Å². The van der Waals surface area contributed by atoms with Gasteiger partial charge in [-0.1, -0.05) is 67.6 Å². The SMILES string of the molecule is CCC(C(=O)O)c1c(OP(=O)(O)Cc2ccccc2)ccc2ccccc12. The van der Waals surface area contributed by atoms with Gasteiger partial charge in [0.25, 0.3) is 0 Å². The van der Waals surface area contributed by atoms with Crippen LogP contribution in [0.15, 0.2) is 66.7 Å². The third kappa shape index (κ3) is 4.38. The molecule has 3 aromatic rings. The number of benzene rings is 3. The van der Waals surface area contributed by atoms with Crippen LogP contribution in [0.25, 0.3) is 10.8 Å². The normalized spacial score (nSPS) is 14.4. The van der Waals surface area contributed by atoms with Crippen LogP contribution in [-0.4, -0.2) is 16.0 Å². The van der Waals surface area contributed by atoms with Gasteiger partial charge >= 0.3 is 13.6 Å². The summed E-state index contributed by atoms with van der Waals surface area (Å²) in [5.74, 6) is -1.68. The number of carboxylic acids is 1. The summed E-state index contributed by atoms with van der Waals surface area (Å²) >= 11 is 0. The van der Waals surface area contributed by atoms with Crippen molar-refractivity contribution in [2.24, 2.45) is 0 Å². The van der Waals surface area contributed by atoms with Crippen molar-refractivity contribution >= 4 is 24.3 Å². The Morgan fingerprint density at radius 3 is 2.37 bits per heavy atom. The topological polar surface area (TPSA) is 83.8 Å². The maximum atomic E-state index is 12.7. The molecule has 0 amide bonds. The summed E-state index contributed by atoms with van der Waals surface area (Å²) in [7, 11) is -4.01. The lowest BCUT2D eigenvalue weighted by Crippen LogP contribution is -2.12. The lowest BCUT2D eigenvalue weighted by molar-refractivity contribution is -0.138. The van der Waals surface area contributed by atoms with E-state index in [-0.39, 0.29) is 11.9 Å². The molecule has 5 nitrogen and oxygen atoms in total. The molecule has 0 saturated carbocycles. The van der Waals surface area contributed by atoms with E-state index in [0.29, 0.717) is 22.9 Å². The molecule has 2 atom stereocenters. The zero-order valence-corrected chi connectivity index (χ0v) is 15.8. The molecular weight excluding hydrogens is 363 g/mol. The lowest BCUT2D eigenvalue weighted by atomic mass is 9.91. The van der Waals surface area contributed by atoms with Crippen LogP contribution in [0.1, 0.15) is 30.4 Å². The Hall–Kier alpha value is -2.62. The first-order valence-electron chi connectivity index (χ1n) is 8.71. The zero-order valence-electron chi connectivity index (χ0n) is 14.9. The van der Waals surface area contributed by atoms with Gasteiger partial charge in [-0.3, -0.25) is 4.79 Å². The van der Waals surface area contributed by atoms with Gasteiger partial charge in [-0.05, 0) is 28.8 Å². The average Bonchev–Trinajstić information content (AvgIpc) is 2.63. The molecule has 0 aromatic heterocycles. The molecule has 3 rings (SSSR count). The molecule has 0 heterocycles. The molecule has 0 bridgehead atoms. The highest BCUT2D eigenvalue weighted by Crippen LogP contribution is 2.49. The second kappa shape index (κ2) is 7.95. The largest absolute Gasteiger partial charge is 0.481 e. The second-order valence-electron chi connectivity index (χ2n) is 6.37. The molecule has 0 saturated heterocycles. The first-order chi connectivity index (χ1) is 12.9. The highest BCUT2D eigenvalue weighted by Gasteiger charge is 2.29. The van der Waals surface area contributed by atoms with Gasteiger partial charge in [-0.15, -0.1) is 0 Å². The van der Waals surface area contributed by atoms with E-state index in [2.05, 4.69) is 0 Å². The summed E-state index contributed by atoms with van der Waals surface area (Å²) in [6, 6.07) is 19.6. The number of hydrogen-bond donors (Lipinski definition) is 2. The second-order valence-corrected chi connectivity index (χ2v) is 8.14. The third-order valence-electron chi connectivity index (χ3n) is 4.45. The Labute approximate surface area is 157 Å². The summed E-state index contributed by atoms with van der Waals surface area (Å²) in [5, 5.41) is 11.2. The molecule has 2 N–H and O–H groups in total. The molecule has 0 radical (unpaired) electrons. The molecule has 27 heavy (non-hydrogen) atoms. The van der Waals surface area contributed by atoms with E-state index in [9.17, 15) is 19.4 Å². The fourth-order valence-electron chi connectivity index (χ4n) is 3.22. The Balaban J connectivity index is 2.05. The van der Waals surface area contributed by atoms with E-state index in [1.165, 1.54) is 0 Å². The highest BCUT2D eigenvalue weighted by molar-refractivity contribution is 7.52. The maximum Gasteiger partial charge on any atom is 0.380 e. The van der Waals surface area contributed by atoms with Crippen LogP contribution in [0, 0.1) is 0 Å². The average molecular weight is 384 g/mol. The Kier molecular flexibility index (Phi) is 5.64. The van der Waals surface area contributed by atoms with E-state index in [1.807, 2.05) is 30.3 Å². The van der Waals surface area contributed by atoms with E-state index >= 15 is 0 Å². The van der Waals surface area contributed by atoms with Crippen molar-refractivity contribution < 1.29 is 23.9 Å². The van der Waals surface area contributed by atoms with Crippen LogP contribution in [0.2, 0.25) is 0 Å². The van der Waals surface area contributed by atoms with E-state index in [1.54, 1.807) is 43.3 Å². The van der Waals surface area contributed by atoms with Crippen molar-refractivity contribution in [3.8, 4) is 5.75 Å². The van der Waals surface area contributed by atoms with Crippen LogP contribution >= 0.6 is 7.60 Å². The van der Waals surface area contributed by atoms with Crippen LogP contribution in [0.5, 0.6) is 5.75 Å². The van der Waals surface area contributed by atoms with Gasteiger partial charge in [0.1, 0.15) is 5.75 Å². The van der Waals surface area contributed by atoms with Crippen molar-refractivity contribution in [2.75, 3.05) is 0 Å². The van der Waals surface area contributed by atoms with Crippen molar-refractivity contribution in [1.82, 2.24) is 0 Å².